The number of hydrogen-bond donors (Lipinski definition) is 0. The molecule has 1 heterocycles. The lowest BCUT2D eigenvalue weighted by Gasteiger charge is -2.14. The van der Waals surface area contributed by atoms with Gasteiger partial charge in [-0.25, -0.2) is 4.39 Å². The minimum absolute atomic E-state index is 0.302. The standard InChI is InChI=1S/C22H24ClFN2O/c1-3-11-25(2)12-4-5-14-27-22-15-17-10-13-26(21(17)16-20(22)24)19-8-6-18(23)7-9-19/h3,6-10,13,15-16H,1,4-5,11-12,14H2,2H3. The van der Waals surface area contributed by atoms with Crippen LogP contribution in [0.3, 0.4) is 0 Å². The summed E-state index contributed by atoms with van der Waals surface area (Å²) in [5.41, 5.74) is 1.74. The van der Waals surface area contributed by atoms with E-state index in [4.69, 9.17) is 16.3 Å². The smallest absolute Gasteiger partial charge is 0.167 e. The Labute approximate surface area is 164 Å². The van der Waals surface area contributed by atoms with Gasteiger partial charge in [-0.3, -0.25) is 0 Å². The molecule has 142 valence electrons. The van der Waals surface area contributed by atoms with Crippen molar-refractivity contribution in [3.05, 3.63) is 72.2 Å². The van der Waals surface area contributed by atoms with Gasteiger partial charge in [0.15, 0.2) is 11.6 Å². The molecule has 3 aromatic rings. The summed E-state index contributed by atoms with van der Waals surface area (Å²) < 4.78 is 22.1. The Balaban J connectivity index is 1.65. The van der Waals surface area contributed by atoms with Crippen LogP contribution in [0.5, 0.6) is 5.75 Å². The number of ether oxygens (including phenoxy) is 1. The van der Waals surface area contributed by atoms with Crippen LogP contribution in [0.2, 0.25) is 5.02 Å². The molecule has 0 bridgehead atoms. The van der Waals surface area contributed by atoms with Crippen LogP contribution in [0.4, 0.5) is 4.39 Å². The summed E-state index contributed by atoms with van der Waals surface area (Å²) in [4.78, 5) is 2.19. The van der Waals surface area contributed by atoms with Crippen LogP contribution < -0.4 is 4.74 Å². The number of halogens is 2. The van der Waals surface area contributed by atoms with Gasteiger partial charge in [0.1, 0.15) is 0 Å². The third-order valence-corrected chi connectivity index (χ3v) is 4.73. The van der Waals surface area contributed by atoms with Crippen molar-refractivity contribution >= 4 is 22.5 Å². The first-order valence-corrected chi connectivity index (χ1v) is 9.45. The maximum Gasteiger partial charge on any atom is 0.167 e. The lowest BCUT2D eigenvalue weighted by molar-refractivity contribution is 0.277. The topological polar surface area (TPSA) is 17.4 Å². The van der Waals surface area contributed by atoms with Gasteiger partial charge in [-0.05, 0) is 62.8 Å². The molecule has 3 nitrogen and oxygen atoms in total. The molecule has 0 saturated carbocycles. The van der Waals surface area contributed by atoms with Crippen molar-refractivity contribution in [2.45, 2.75) is 12.8 Å². The van der Waals surface area contributed by atoms with Crippen LogP contribution in [-0.2, 0) is 0 Å². The lowest BCUT2D eigenvalue weighted by atomic mass is 10.2. The average molecular weight is 387 g/mol. The Kier molecular flexibility index (Phi) is 6.54. The highest BCUT2D eigenvalue weighted by molar-refractivity contribution is 6.30. The second kappa shape index (κ2) is 9.07. The number of hydrogen-bond acceptors (Lipinski definition) is 2. The number of fused-ring (bicyclic) bond motifs is 1. The fraction of sp³-hybridized carbons (Fsp3) is 0.273. The molecule has 0 saturated heterocycles. The molecular formula is C22H24ClFN2O. The Morgan fingerprint density at radius 3 is 2.70 bits per heavy atom. The molecule has 0 amide bonds. The van der Waals surface area contributed by atoms with E-state index >= 15 is 0 Å². The highest BCUT2D eigenvalue weighted by Crippen LogP contribution is 2.28. The Hall–Kier alpha value is -2.30. The molecule has 5 heteroatoms. The quantitative estimate of drug-likeness (QED) is 0.346. The zero-order valence-corrected chi connectivity index (χ0v) is 16.3. The molecule has 0 aliphatic carbocycles. The van der Waals surface area contributed by atoms with Crippen molar-refractivity contribution in [1.29, 1.82) is 0 Å². The molecule has 2 aromatic carbocycles. The number of likely N-dealkylation sites (N-methyl/N-ethyl adjacent to an activating group) is 1. The molecule has 0 radical (unpaired) electrons. The second-order valence-corrected chi connectivity index (χ2v) is 7.05. The molecule has 0 unspecified atom stereocenters. The molecule has 1 aromatic heterocycles. The minimum atomic E-state index is -0.347. The van der Waals surface area contributed by atoms with Crippen molar-refractivity contribution in [3.8, 4) is 11.4 Å². The molecule has 0 fully saturated rings. The minimum Gasteiger partial charge on any atom is -0.490 e. The van der Waals surface area contributed by atoms with Crippen LogP contribution in [0, 0.1) is 5.82 Å². The summed E-state index contributed by atoms with van der Waals surface area (Å²) in [6.45, 7) is 6.08. The summed E-state index contributed by atoms with van der Waals surface area (Å²) >= 11 is 5.95. The second-order valence-electron chi connectivity index (χ2n) is 6.61. The SMILES string of the molecule is C=CCN(C)CCCCOc1cc2ccn(-c3ccc(Cl)cc3)c2cc1F. The first-order valence-electron chi connectivity index (χ1n) is 9.07. The molecule has 27 heavy (non-hydrogen) atoms. The monoisotopic (exact) mass is 386 g/mol. The third-order valence-electron chi connectivity index (χ3n) is 4.48. The van der Waals surface area contributed by atoms with E-state index < -0.39 is 0 Å². The van der Waals surface area contributed by atoms with E-state index in [-0.39, 0.29) is 5.82 Å². The van der Waals surface area contributed by atoms with E-state index in [0.717, 1.165) is 42.5 Å². The molecule has 0 N–H and O–H groups in total. The van der Waals surface area contributed by atoms with Gasteiger partial charge in [-0.15, -0.1) is 6.58 Å². The van der Waals surface area contributed by atoms with Gasteiger partial charge in [0, 0.05) is 34.9 Å². The zero-order valence-electron chi connectivity index (χ0n) is 15.5. The van der Waals surface area contributed by atoms with Crippen LogP contribution in [0.15, 0.2) is 61.3 Å². The highest BCUT2D eigenvalue weighted by atomic mass is 35.5. The van der Waals surface area contributed by atoms with E-state index in [2.05, 4.69) is 18.5 Å². The Morgan fingerprint density at radius 2 is 1.96 bits per heavy atom. The first-order chi connectivity index (χ1) is 13.1. The molecule has 0 spiro atoms. The van der Waals surface area contributed by atoms with Gasteiger partial charge in [-0.1, -0.05) is 17.7 Å². The van der Waals surface area contributed by atoms with Crippen LogP contribution in [0.25, 0.3) is 16.6 Å². The molecule has 0 atom stereocenters. The highest BCUT2D eigenvalue weighted by Gasteiger charge is 2.10. The maximum atomic E-state index is 14.5. The van der Waals surface area contributed by atoms with Gasteiger partial charge in [0.05, 0.1) is 12.1 Å². The van der Waals surface area contributed by atoms with E-state index in [1.54, 1.807) is 6.07 Å². The number of benzene rings is 2. The number of nitrogens with zero attached hydrogens (tertiary/aromatic N) is 2. The van der Waals surface area contributed by atoms with E-state index in [1.807, 2.05) is 47.2 Å². The van der Waals surface area contributed by atoms with Gasteiger partial charge in [0.25, 0.3) is 0 Å². The summed E-state index contributed by atoms with van der Waals surface area (Å²) in [6.07, 6.45) is 5.69. The zero-order chi connectivity index (χ0) is 19.2. The van der Waals surface area contributed by atoms with E-state index in [0.29, 0.717) is 17.4 Å². The van der Waals surface area contributed by atoms with Gasteiger partial charge >= 0.3 is 0 Å². The van der Waals surface area contributed by atoms with Gasteiger partial charge in [-0.2, -0.15) is 0 Å². The molecule has 0 aliphatic rings. The fourth-order valence-corrected chi connectivity index (χ4v) is 3.18. The van der Waals surface area contributed by atoms with Crippen molar-refractivity contribution in [1.82, 2.24) is 9.47 Å². The Bertz CT molecular complexity index is 905. The van der Waals surface area contributed by atoms with Crippen LogP contribution >= 0.6 is 11.6 Å². The summed E-state index contributed by atoms with van der Waals surface area (Å²) in [7, 11) is 2.06. The number of aromatic nitrogens is 1. The maximum absolute atomic E-state index is 14.5. The molecule has 0 aliphatic heterocycles. The van der Waals surface area contributed by atoms with Gasteiger partial charge < -0.3 is 14.2 Å². The summed E-state index contributed by atoms with van der Waals surface area (Å²) in [5.74, 6) is -0.0454. The van der Waals surface area contributed by atoms with Crippen molar-refractivity contribution in [2.75, 3.05) is 26.7 Å². The largest absolute Gasteiger partial charge is 0.490 e. The molecule has 3 rings (SSSR count). The third kappa shape index (κ3) is 4.90. The molecular weight excluding hydrogens is 363 g/mol. The first kappa shape index (κ1) is 19.5. The number of rotatable bonds is 9. The van der Waals surface area contributed by atoms with Crippen molar-refractivity contribution in [2.24, 2.45) is 0 Å². The van der Waals surface area contributed by atoms with Crippen LogP contribution in [-0.4, -0.2) is 36.2 Å². The van der Waals surface area contributed by atoms with E-state index in [1.165, 1.54) is 6.07 Å². The van der Waals surface area contributed by atoms with Gasteiger partial charge in [0.2, 0.25) is 0 Å². The fourth-order valence-electron chi connectivity index (χ4n) is 3.05. The van der Waals surface area contributed by atoms with E-state index in [9.17, 15) is 4.39 Å². The average Bonchev–Trinajstić information content (AvgIpc) is 3.05. The summed E-state index contributed by atoms with van der Waals surface area (Å²) in [5, 5.41) is 1.61. The number of unbranched alkanes of at least 4 members (excludes halogenated alkanes) is 1. The lowest BCUT2D eigenvalue weighted by Crippen LogP contribution is -2.19. The Morgan fingerprint density at radius 1 is 1.19 bits per heavy atom. The summed E-state index contributed by atoms with van der Waals surface area (Å²) in [6, 6.07) is 12.7. The van der Waals surface area contributed by atoms with Crippen LogP contribution in [0.1, 0.15) is 12.8 Å². The van der Waals surface area contributed by atoms with Crippen molar-refractivity contribution in [3.63, 3.8) is 0 Å². The van der Waals surface area contributed by atoms with Crippen molar-refractivity contribution < 1.29 is 9.13 Å². The predicted molar refractivity (Wildman–Crippen MR) is 111 cm³/mol. The predicted octanol–water partition coefficient (Wildman–Crippen LogP) is 5.70. The normalized spacial score (nSPS) is 11.3.